The quantitative estimate of drug-likeness (QED) is 0.561. The van der Waals surface area contributed by atoms with E-state index in [0.29, 0.717) is 0 Å². The van der Waals surface area contributed by atoms with E-state index in [2.05, 4.69) is 9.51 Å². The third-order valence-electron chi connectivity index (χ3n) is 1.91. The van der Waals surface area contributed by atoms with E-state index in [1.54, 1.807) is 0 Å². The van der Waals surface area contributed by atoms with Gasteiger partial charge in [-0.25, -0.2) is 4.57 Å². The molecule has 90 valence electrons. The molecular formula is C8H13N2O5P. The van der Waals surface area contributed by atoms with E-state index in [1.807, 2.05) is 0 Å². The van der Waals surface area contributed by atoms with Crippen LogP contribution in [0.15, 0.2) is 6.20 Å². The summed E-state index contributed by atoms with van der Waals surface area (Å²) in [5.41, 5.74) is 5.85. The Labute approximate surface area is 93.5 Å². The van der Waals surface area contributed by atoms with Crippen LogP contribution in [-0.2, 0) is 22.2 Å². The van der Waals surface area contributed by atoms with Crippen LogP contribution in [0.4, 0.5) is 0 Å². The number of rotatable bonds is 4. The maximum Gasteiger partial charge on any atom is 0.469 e. The number of hydrogen-bond donors (Lipinski definition) is 4. The number of nitrogens with zero attached hydrogens (tertiary/aromatic N) is 1. The van der Waals surface area contributed by atoms with Gasteiger partial charge in [0.05, 0.1) is 12.3 Å². The highest BCUT2D eigenvalue weighted by Gasteiger charge is 2.17. The van der Waals surface area contributed by atoms with Crippen LogP contribution in [0.1, 0.15) is 18.2 Å². The molecule has 1 heterocycles. The molecule has 1 aromatic rings. The molecule has 0 saturated carbocycles. The number of nitrogens with two attached hydrogens (primary N) is 1. The number of phosphoric acid groups is 1. The van der Waals surface area contributed by atoms with E-state index in [4.69, 9.17) is 16.9 Å². The largest absolute Gasteiger partial charge is 0.506 e. The van der Waals surface area contributed by atoms with Crippen LogP contribution in [0, 0.1) is 6.92 Å². The minimum atomic E-state index is -4.62. The van der Waals surface area contributed by atoms with Crippen LogP contribution >= 0.6 is 7.82 Å². The normalized spacial score (nSPS) is 14.6. The predicted molar refractivity (Wildman–Crippen MR) is 55.4 cm³/mol. The summed E-state index contributed by atoms with van der Waals surface area (Å²) in [7, 11) is -4.62. The molecule has 0 aliphatic rings. The average molecular weight is 250 g/mol. The smallest absolute Gasteiger partial charge is 0.469 e. The van der Waals surface area contributed by atoms with Crippen molar-refractivity contribution < 1.29 is 25.4 Å². The van der Waals surface area contributed by atoms with Gasteiger partial charge < -0.3 is 20.6 Å². The Morgan fingerprint density at radius 2 is 2.31 bits per heavy atom. The van der Waals surface area contributed by atoms with Crippen LogP contribution in [0.5, 0.6) is 5.75 Å². The van der Waals surface area contributed by atoms with Crippen molar-refractivity contribution in [2.24, 2.45) is 5.73 Å². The Balaban J connectivity index is 3.08. The monoisotopic (exact) mass is 250 g/mol. The van der Waals surface area contributed by atoms with Crippen LogP contribution in [-0.4, -0.2) is 19.9 Å². The highest BCUT2D eigenvalue weighted by Crippen LogP contribution is 2.37. The van der Waals surface area contributed by atoms with E-state index < -0.39 is 21.0 Å². The Bertz CT molecular complexity index is 461. The van der Waals surface area contributed by atoms with E-state index in [-0.39, 0.29) is 22.6 Å². The molecule has 5 N–H and O–H groups in total. The molecule has 8 heteroatoms. The summed E-state index contributed by atoms with van der Waals surface area (Å²) in [5.74, 6) is -0.265. The fraction of sp³-hybridized carbons (Fsp3) is 0.375. The first-order valence-corrected chi connectivity index (χ1v) is 5.80. The second kappa shape index (κ2) is 4.90. The fourth-order valence-corrected chi connectivity index (χ4v) is 1.41. The second-order valence-corrected chi connectivity index (χ2v) is 4.30. The van der Waals surface area contributed by atoms with Crippen molar-refractivity contribution in [3.63, 3.8) is 0 Å². The average Bonchev–Trinajstić information content (AvgIpc) is 2.18. The molecule has 16 heavy (non-hydrogen) atoms. The second-order valence-electron chi connectivity index (χ2n) is 3.06. The summed E-state index contributed by atoms with van der Waals surface area (Å²) in [6.45, 7) is -0.200. The van der Waals surface area contributed by atoms with Crippen molar-refractivity contribution in [3.8, 4) is 5.75 Å². The number of aryl methyl sites for hydroxylation is 1. The number of phosphoric ester groups is 1. The van der Waals surface area contributed by atoms with Gasteiger partial charge in [-0.15, -0.1) is 0 Å². The lowest BCUT2D eigenvalue weighted by Gasteiger charge is -2.11. The lowest BCUT2D eigenvalue weighted by molar-refractivity contribution is 0.188. The number of hydrogen-bond acceptors (Lipinski definition) is 5. The van der Waals surface area contributed by atoms with Gasteiger partial charge in [0, 0.05) is 25.2 Å². The van der Waals surface area contributed by atoms with Gasteiger partial charge in [0.25, 0.3) is 0 Å². The lowest BCUT2D eigenvalue weighted by Crippen LogP contribution is -2.05. The Morgan fingerprint density at radius 1 is 1.69 bits per heavy atom. The zero-order chi connectivity index (χ0) is 13.2. The van der Waals surface area contributed by atoms with Crippen molar-refractivity contribution in [1.82, 2.24) is 4.98 Å². The predicted octanol–water partition coefficient (Wildman–Crippen LogP) is 0.164. The van der Waals surface area contributed by atoms with Gasteiger partial charge in [0.15, 0.2) is 0 Å². The summed E-state index contributed by atoms with van der Waals surface area (Å²) >= 11 is 0. The topological polar surface area (TPSA) is 126 Å². The summed E-state index contributed by atoms with van der Waals surface area (Å²) in [5, 5.41) is 9.67. The van der Waals surface area contributed by atoms with Crippen LogP contribution in [0.3, 0.4) is 0 Å². The first-order chi connectivity index (χ1) is 7.72. The van der Waals surface area contributed by atoms with Gasteiger partial charge in [0.2, 0.25) is 0 Å². The molecule has 1 atom stereocenters. The molecule has 0 amide bonds. The fourth-order valence-electron chi connectivity index (χ4n) is 1.11. The summed E-state index contributed by atoms with van der Waals surface area (Å²) in [4.78, 5) is 20.9. The molecule has 0 bridgehead atoms. The molecule has 0 unspecified atom stereocenters. The van der Waals surface area contributed by atoms with Crippen molar-refractivity contribution in [1.29, 1.82) is 0 Å². The highest BCUT2D eigenvalue weighted by molar-refractivity contribution is 7.46. The van der Waals surface area contributed by atoms with E-state index in [9.17, 15) is 9.67 Å². The van der Waals surface area contributed by atoms with E-state index in [1.165, 1.54) is 13.1 Å². The third-order valence-corrected chi connectivity index (χ3v) is 2.38. The zero-order valence-corrected chi connectivity index (χ0v) is 9.39. The minimum Gasteiger partial charge on any atom is -0.506 e. The van der Waals surface area contributed by atoms with Crippen molar-refractivity contribution in [2.45, 2.75) is 20.1 Å². The first-order valence-electron chi connectivity index (χ1n) is 4.85. The van der Waals surface area contributed by atoms with Crippen LogP contribution < -0.4 is 5.73 Å². The molecule has 7 nitrogen and oxygen atoms in total. The molecule has 0 aliphatic carbocycles. The summed E-state index contributed by atoms with van der Waals surface area (Å²) in [6.07, 6.45) is 1.26. The van der Waals surface area contributed by atoms with Crippen molar-refractivity contribution in [3.05, 3.63) is 23.0 Å². The van der Waals surface area contributed by atoms with Crippen molar-refractivity contribution >= 4 is 7.82 Å². The van der Waals surface area contributed by atoms with Crippen LogP contribution in [0.25, 0.3) is 0 Å². The third kappa shape index (κ3) is 3.26. The van der Waals surface area contributed by atoms with Gasteiger partial charge >= 0.3 is 7.82 Å². The van der Waals surface area contributed by atoms with Gasteiger partial charge in [0.1, 0.15) is 5.75 Å². The van der Waals surface area contributed by atoms with Crippen molar-refractivity contribution in [2.75, 3.05) is 0 Å². The molecule has 1 aromatic heterocycles. The maximum absolute atomic E-state index is 10.5. The van der Waals surface area contributed by atoms with Gasteiger partial charge in [-0.3, -0.25) is 9.51 Å². The van der Waals surface area contributed by atoms with Gasteiger partial charge in [-0.2, -0.15) is 0 Å². The standard InChI is InChI=1S/C8H13N2O5P/c1-5-8(11)7(2-9)6(3-10-5)4-15-16(12,13)14/h3,11H,2,4,9H2,1H3,(H2,12,13,14)/i2T/t2-/m0/s1. The van der Waals surface area contributed by atoms with Gasteiger partial charge in [-0.05, 0) is 6.92 Å². The van der Waals surface area contributed by atoms with Gasteiger partial charge in [-0.1, -0.05) is 0 Å². The first kappa shape index (κ1) is 11.5. The van der Waals surface area contributed by atoms with E-state index >= 15 is 0 Å². The minimum absolute atomic E-state index is 0.0472. The zero-order valence-electron chi connectivity index (χ0n) is 9.49. The number of aromatic hydroxyl groups is 1. The Hall–Kier alpha value is -0.980. The molecule has 0 radical (unpaired) electrons. The molecule has 0 aromatic carbocycles. The van der Waals surface area contributed by atoms with E-state index in [0.717, 1.165) is 0 Å². The number of aromatic nitrogens is 1. The summed E-state index contributed by atoms with van der Waals surface area (Å²) < 4.78 is 22.2. The Morgan fingerprint density at radius 3 is 2.81 bits per heavy atom. The summed E-state index contributed by atoms with van der Waals surface area (Å²) in [6, 6.07) is 0. The molecule has 0 aliphatic heterocycles. The number of pyridine rings is 1. The Kier molecular flexibility index (Phi) is 3.52. The highest BCUT2D eigenvalue weighted by atomic mass is 31.2. The SMILES string of the molecule is [3H][C@H](N)c1c(COP(=O)(O)O)cnc(C)c1O. The molecule has 1 rings (SSSR count). The molecule has 0 fully saturated rings. The van der Waals surface area contributed by atoms with Crippen LogP contribution in [0.2, 0.25) is 0 Å². The molecular weight excluding hydrogens is 235 g/mol. The molecule has 0 saturated heterocycles. The lowest BCUT2D eigenvalue weighted by atomic mass is 10.1. The molecule has 0 spiro atoms. The maximum atomic E-state index is 10.5.